The predicted octanol–water partition coefficient (Wildman–Crippen LogP) is 4.55. The number of halogens is 1. The van der Waals surface area contributed by atoms with Crippen LogP contribution in [-0.2, 0) is 0 Å². The second kappa shape index (κ2) is 7.19. The first-order valence-corrected chi connectivity index (χ1v) is 8.84. The number of nitrogens with one attached hydrogen (secondary N) is 1. The molecule has 0 bridgehead atoms. The topological polar surface area (TPSA) is 71.3 Å². The van der Waals surface area contributed by atoms with Gasteiger partial charge in [0.15, 0.2) is 0 Å². The number of hydrogen-bond donors (Lipinski definition) is 1. The summed E-state index contributed by atoms with van der Waals surface area (Å²) in [5.41, 5.74) is 2.41. The molecule has 1 fully saturated rings. The van der Waals surface area contributed by atoms with E-state index in [0.717, 1.165) is 24.1 Å². The van der Waals surface area contributed by atoms with Crippen LogP contribution in [-0.4, -0.2) is 27.6 Å². The molecule has 0 radical (unpaired) electrons. The van der Waals surface area contributed by atoms with Crippen LogP contribution in [0.1, 0.15) is 30.3 Å². The molecule has 7 heteroatoms. The van der Waals surface area contributed by atoms with Crippen LogP contribution in [0.5, 0.6) is 0 Å². The van der Waals surface area contributed by atoms with Crippen molar-refractivity contribution >= 4 is 11.7 Å². The van der Waals surface area contributed by atoms with Crippen LogP contribution in [0.15, 0.2) is 53.1 Å². The highest BCUT2D eigenvalue weighted by Gasteiger charge is 2.34. The fourth-order valence-corrected chi connectivity index (χ4v) is 3.21. The molecule has 2 heterocycles. The quantitative estimate of drug-likeness (QED) is 0.738. The number of likely N-dealkylation sites (tertiary alicyclic amines) is 1. The summed E-state index contributed by atoms with van der Waals surface area (Å²) in [4.78, 5) is 18.8. The average Bonchev–Trinajstić information content (AvgIpc) is 3.33. The first-order valence-electron chi connectivity index (χ1n) is 8.84. The van der Waals surface area contributed by atoms with E-state index < -0.39 is 0 Å². The number of amides is 2. The number of nitrogens with zero attached hydrogens (tertiary/aromatic N) is 3. The van der Waals surface area contributed by atoms with Gasteiger partial charge in [-0.15, -0.1) is 0 Å². The lowest BCUT2D eigenvalue weighted by molar-refractivity contribution is 0.193. The molecular weight excluding hydrogens is 347 g/mol. The van der Waals surface area contributed by atoms with Gasteiger partial charge in [-0.1, -0.05) is 35.0 Å². The molecule has 1 aliphatic heterocycles. The maximum absolute atomic E-state index is 13.4. The van der Waals surface area contributed by atoms with Crippen LogP contribution in [0.25, 0.3) is 11.4 Å². The molecule has 0 spiro atoms. The Labute approximate surface area is 156 Å². The van der Waals surface area contributed by atoms with Crippen molar-refractivity contribution in [3.63, 3.8) is 0 Å². The molecule has 2 amide bonds. The van der Waals surface area contributed by atoms with Gasteiger partial charge in [-0.05, 0) is 44.0 Å². The maximum Gasteiger partial charge on any atom is 0.322 e. The van der Waals surface area contributed by atoms with Crippen LogP contribution in [0.2, 0.25) is 0 Å². The average molecular weight is 366 g/mol. The molecular formula is C20H19FN4O2. The molecule has 1 unspecified atom stereocenters. The summed E-state index contributed by atoms with van der Waals surface area (Å²) in [6, 6.07) is 13.2. The minimum Gasteiger partial charge on any atom is -0.337 e. The molecule has 1 saturated heterocycles. The third-order valence-electron chi connectivity index (χ3n) is 4.63. The number of aromatic nitrogens is 2. The Hall–Kier alpha value is -3.22. The zero-order valence-corrected chi connectivity index (χ0v) is 14.9. The standard InChI is InChI=1S/C20H19FN4O2/c1-13-7-9-16(10-8-13)22-20(26)25-11-3-6-17(25)19-23-18(24-27-19)14-4-2-5-15(21)12-14/h2,4-5,7-10,12,17H,3,6,11H2,1H3,(H,22,26). The van der Waals surface area contributed by atoms with Gasteiger partial charge in [0.2, 0.25) is 11.7 Å². The van der Waals surface area contributed by atoms with E-state index in [4.69, 9.17) is 4.52 Å². The number of carbonyl (C=O) groups excluding carboxylic acids is 1. The lowest BCUT2D eigenvalue weighted by Gasteiger charge is -2.22. The van der Waals surface area contributed by atoms with Gasteiger partial charge in [-0.25, -0.2) is 9.18 Å². The molecule has 0 aliphatic carbocycles. The van der Waals surface area contributed by atoms with Gasteiger partial charge >= 0.3 is 6.03 Å². The predicted molar refractivity (Wildman–Crippen MR) is 98.6 cm³/mol. The molecule has 138 valence electrons. The summed E-state index contributed by atoms with van der Waals surface area (Å²) in [6.07, 6.45) is 1.59. The van der Waals surface area contributed by atoms with E-state index in [0.29, 0.717) is 23.8 Å². The van der Waals surface area contributed by atoms with Gasteiger partial charge in [0, 0.05) is 17.8 Å². The molecule has 27 heavy (non-hydrogen) atoms. The summed E-state index contributed by atoms with van der Waals surface area (Å²) in [6.45, 7) is 2.61. The van der Waals surface area contributed by atoms with Crippen molar-refractivity contribution < 1.29 is 13.7 Å². The zero-order valence-electron chi connectivity index (χ0n) is 14.9. The van der Waals surface area contributed by atoms with Crippen LogP contribution in [0, 0.1) is 12.7 Å². The maximum atomic E-state index is 13.4. The number of benzene rings is 2. The number of hydrogen-bond acceptors (Lipinski definition) is 4. The summed E-state index contributed by atoms with van der Waals surface area (Å²) in [7, 11) is 0. The fourth-order valence-electron chi connectivity index (χ4n) is 3.21. The third kappa shape index (κ3) is 3.67. The lowest BCUT2D eigenvalue weighted by atomic mass is 10.2. The van der Waals surface area contributed by atoms with Crippen LogP contribution in [0.3, 0.4) is 0 Å². The Morgan fingerprint density at radius 1 is 1.26 bits per heavy atom. The molecule has 3 aromatic rings. The molecule has 0 saturated carbocycles. The number of rotatable bonds is 3. The number of urea groups is 1. The molecule has 1 N–H and O–H groups in total. The third-order valence-corrected chi connectivity index (χ3v) is 4.63. The minimum atomic E-state index is -0.362. The van der Waals surface area contributed by atoms with Crippen molar-refractivity contribution in [2.75, 3.05) is 11.9 Å². The second-order valence-corrected chi connectivity index (χ2v) is 6.61. The lowest BCUT2D eigenvalue weighted by Crippen LogP contribution is -2.34. The van der Waals surface area contributed by atoms with Crippen molar-refractivity contribution in [3.05, 3.63) is 65.8 Å². The van der Waals surface area contributed by atoms with Gasteiger partial charge in [0.1, 0.15) is 11.9 Å². The van der Waals surface area contributed by atoms with Crippen LogP contribution >= 0.6 is 0 Å². The van der Waals surface area contributed by atoms with Crippen LogP contribution < -0.4 is 5.32 Å². The fraction of sp³-hybridized carbons (Fsp3) is 0.250. The van der Waals surface area contributed by atoms with Gasteiger partial charge in [0.25, 0.3) is 0 Å². The smallest absolute Gasteiger partial charge is 0.322 e. The summed E-state index contributed by atoms with van der Waals surface area (Å²) in [5.74, 6) is 0.319. The van der Waals surface area contributed by atoms with E-state index in [1.807, 2.05) is 31.2 Å². The second-order valence-electron chi connectivity index (χ2n) is 6.61. The zero-order chi connectivity index (χ0) is 18.8. The van der Waals surface area contributed by atoms with E-state index >= 15 is 0 Å². The number of anilines is 1. The van der Waals surface area contributed by atoms with E-state index in [2.05, 4.69) is 15.5 Å². The van der Waals surface area contributed by atoms with Crippen LogP contribution in [0.4, 0.5) is 14.9 Å². The molecule has 1 aliphatic rings. The van der Waals surface area contributed by atoms with Crippen molar-refractivity contribution in [1.82, 2.24) is 15.0 Å². The first kappa shape index (κ1) is 17.2. The molecule has 1 aromatic heterocycles. The summed E-state index contributed by atoms with van der Waals surface area (Å²) >= 11 is 0. The van der Waals surface area contributed by atoms with E-state index in [1.165, 1.54) is 12.1 Å². The van der Waals surface area contributed by atoms with Gasteiger partial charge < -0.3 is 14.7 Å². The molecule has 2 aromatic carbocycles. The highest BCUT2D eigenvalue weighted by Crippen LogP contribution is 2.32. The normalized spacial score (nSPS) is 16.5. The van der Waals surface area contributed by atoms with E-state index in [9.17, 15) is 9.18 Å². The number of aryl methyl sites for hydroxylation is 1. The Balaban J connectivity index is 1.51. The summed E-state index contributed by atoms with van der Waals surface area (Å²) in [5, 5.41) is 6.85. The Morgan fingerprint density at radius 2 is 2.07 bits per heavy atom. The highest BCUT2D eigenvalue weighted by atomic mass is 19.1. The largest absolute Gasteiger partial charge is 0.337 e. The van der Waals surface area contributed by atoms with E-state index in [1.54, 1.807) is 17.0 Å². The van der Waals surface area contributed by atoms with Gasteiger partial charge in [0.05, 0.1) is 0 Å². The first-order chi connectivity index (χ1) is 13.1. The highest BCUT2D eigenvalue weighted by molar-refractivity contribution is 5.89. The Kier molecular flexibility index (Phi) is 4.58. The Morgan fingerprint density at radius 3 is 2.85 bits per heavy atom. The van der Waals surface area contributed by atoms with Gasteiger partial charge in [-0.2, -0.15) is 4.98 Å². The van der Waals surface area contributed by atoms with Gasteiger partial charge in [-0.3, -0.25) is 0 Å². The minimum absolute atomic E-state index is 0.202. The molecule has 4 rings (SSSR count). The van der Waals surface area contributed by atoms with Crippen molar-refractivity contribution in [3.8, 4) is 11.4 Å². The molecule has 6 nitrogen and oxygen atoms in total. The van der Waals surface area contributed by atoms with Crippen molar-refractivity contribution in [1.29, 1.82) is 0 Å². The molecule has 1 atom stereocenters. The van der Waals surface area contributed by atoms with E-state index in [-0.39, 0.29) is 17.9 Å². The Bertz CT molecular complexity index is 955. The SMILES string of the molecule is Cc1ccc(NC(=O)N2CCCC2c2nc(-c3cccc(F)c3)no2)cc1. The van der Waals surface area contributed by atoms with Crippen molar-refractivity contribution in [2.45, 2.75) is 25.8 Å². The number of carbonyl (C=O) groups is 1. The summed E-state index contributed by atoms with van der Waals surface area (Å²) < 4.78 is 18.8. The van der Waals surface area contributed by atoms with Crippen molar-refractivity contribution in [2.24, 2.45) is 0 Å². The monoisotopic (exact) mass is 366 g/mol.